The molecular weight excluding hydrogens is 374 g/mol. The molecule has 0 unspecified atom stereocenters. The molecule has 2 aromatic carbocycles. The Kier molecular flexibility index (Phi) is 6.94. The van der Waals surface area contributed by atoms with Gasteiger partial charge in [-0.2, -0.15) is 0 Å². The lowest BCUT2D eigenvalue weighted by Crippen LogP contribution is -3.28. The highest BCUT2D eigenvalue weighted by atomic mass is 35.5. The first kappa shape index (κ1) is 20.6. The van der Waals surface area contributed by atoms with Crippen LogP contribution in [0.4, 0.5) is 5.69 Å². The lowest BCUT2D eigenvalue weighted by atomic mass is 10.1. The molecule has 6 heteroatoms. The number of amides is 1. The van der Waals surface area contributed by atoms with Crippen molar-refractivity contribution in [2.24, 2.45) is 0 Å². The lowest BCUT2D eigenvalue weighted by molar-refractivity contribution is -1.02. The van der Waals surface area contributed by atoms with Crippen LogP contribution >= 0.6 is 11.6 Å². The minimum atomic E-state index is 0.0301. The molecule has 3 rings (SSSR count). The van der Waals surface area contributed by atoms with Gasteiger partial charge in [-0.05, 0) is 55.3 Å². The van der Waals surface area contributed by atoms with Crippen molar-refractivity contribution in [1.29, 1.82) is 0 Å². The van der Waals surface area contributed by atoms with E-state index in [1.165, 1.54) is 10.5 Å². The third-order valence-electron chi connectivity index (χ3n) is 5.38. The van der Waals surface area contributed by atoms with E-state index in [9.17, 15) is 4.79 Å². The third kappa shape index (κ3) is 5.47. The number of ether oxygens (including phenoxy) is 1. The van der Waals surface area contributed by atoms with E-state index in [4.69, 9.17) is 16.3 Å². The number of hydrogen-bond donors (Lipinski definition) is 3. The van der Waals surface area contributed by atoms with Crippen LogP contribution in [0.1, 0.15) is 16.7 Å². The number of halogens is 1. The quantitative estimate of drug-likeness (QED) is 0.670. The Morgan fingerprint density at radius 2 is 1.71 bits per heavy atom. The third-order valence-corrected chi connectivity index (χ3v) is 5.68. The molecule has 0 aliphatic carbocycles. The number of methoxy groups -OCH3 is 1. The molecule has 1 heterocycles. The minimum absolute atomic E-state index is 0.0301. The summed E-state index contributed by atoms with van der Waals surface area (Å²) < 4.78 is 5.22. The van der Waals surface area contributed by atoms with Crippen LogP contribution in [0, 0.1) is 13.8 Å². The van der Waals surface area contributed by atoms with E-state index in [0.29, 0.717) is 11.6 Å². The van der Waals surface area contributed by atoms with Gasteiger partial charge < -0.3 is 19.9 Å². The monoisotopic (exact) mass is 403 g/mol. The van der Waals surface area contributed by atoms with Crippen molar-refractivity contribution in [2.75, 3.05) is 45.2 Å². The van der Waals surface area contributed by atoms with Crippen molar-refractivity contribution in [3.05, 3.63) is 58.1 Å². The average Bonchev–Trinajstić information content (AvgIpc) is 2.67. The second-order valence-electron chi connectivity index (χ2n) is 7.69. The van der Waals surface area contributed by atoms with E-state index in [1.54, 1.807) is 12.0 Å². The number of hydrogen-bond acceptors (Lipinski definition) is 2. The summed E-state index contributed by atoms with van der Waals surface area (Å²) in [7, 11) is 1.69. The number of quaternary nitrogens is 2. The molecule has 5 nitrogen and oxygen atoms in total. The number of piperazine rings is 1. The van der Waals surface area contributed by atoms with Crippen molar-refractivity contribution in [3.8, 4) is 5.75 Å². The Bertz CT molecular complexity index is 792. The van der Waals surface area contributed by atoms with Gasteiger partial charge in [-0.15, -0.1) is 0 Å². The molecule has 0 atom stereocenters. The summed E-state index contributed by atoms with van der Waals surface area (Å²) in [6, 6.07) is 12.2. The topological polar surface area (TPSA) is 47.2 Å². The summed E-state index contributed by atoms with van der Waals surface area (Å²) in [5.74, 6) is 0.922. The van der Waals surface area contributed by atoms with Gasteiger partial charge in [0.2, 0.25) is 0 Å². The molecule has 3 N–H and O–H groups in total. The molecule has 1 aliphatic heterocycles. The Hall–Kier alpha value is -2.08. The molecule has 0 radical (unpaired) electrons. The van der Waals surface area contributed by atoms with Gasteiger partial charge in [0.25, 0.3) is 5.91 Å². The Morgan fingerprint density at radius 3 is 2.32 bits per heavy atom. The summed E-state index contributed by atoms with van der Waals surface area (Å²) in [6.45, 7) is 9.61. The molecule has 1 amide bonds. The van der Waals surface area contributed by atoms with Gasteiger partial charge in [0, 0.05) is 5.56 Å². The normalized spacial score (nSPS) is 19.3. The van der Waals surface area contributed by atoms with Crippen molar-refractivity contribution >= 4 is 23.2 Å². The molecule has 0 spiro atoms. The van der Waals surface area contributed by atoms with Crippen molar-refractivity contribution in [1.82, 2.24) is 0 Å². The molecule has 0 saturated carbocycles. The summed E-state index contributed by atoms with van der Waals surface area (Å²) in [5, 5.41) is 3.61. The summed E-state index contributed by atoms with van der Waals surface area (Å²) in [6.07, 6.45) is 0. The van der Waals surface area contributed by atoms with E-state index >= 15 is 0 Å². The van der Waals surface area contributed by atoms with E-state index in [2.05, 4.69) is 17.4 Å². The highest BCUT2D eigenvalue weighted by molar-refractivity contribution is 6.34. The van der Waals surface area contributed by atoms with Crippen LogP contribution in [-0.4, -0.2) is 45.7 Å². The highest BCUT2D eigenvalue weighted by Gasteiger charge is 2.25. The minimum Gasteiger partial charge on any atom is -0.497 e. The van der Waals surface area contributed by atoms with E-state index in [0.717, 1.165) is 55.3 Å². The molecule has 1 fully saturated rings. The molecule has 2 aromatic rings. The number of carbonyl (C=O) groups is 1. The molecule has 28 heavy (non-hydrogen) atoms. The number of benzene rings is 2. The van der Waals surface area contributed by atoms with Crippen molar-refractivity contribution in [2.45, 2.75) is 20.4 Å². The average molecular weight is 404 g/mol. The van der Waals surface area contributed by atoms with Crippen LogP contribution in [0.5, 0.6) is 5.75 Å². The van der Waals surface area contributed by atoms with Crippen LogP contribution in [0.2, 0.25) is 5.02 Å². The Morgan fingerprint density at radius 1 is 1.07 bits per heavy atom. The van der Waals surface area contributed by atoms with Gasteiger partial charge in [0.1, 0.15) is 38.5 Å². The molecule has 1 aliphatic rings. The van der Waals surface area contributed by atoms with Gasteiger partial charge in [-0.3, -0.25) is 4.79 Å². The largest absolute Gasteiger partial charge is 0.497 e. The summed E-state index contributed by atoms with van der Waals surface area (Å²) in [5.41, 5.74) is 4.16. The molecule has 0 bridgehead atoms. The lowest BCUT2D eigenvalue weighted by Gasteiger charge is -2.29. The maximum Gasteiger partial charge on any atom is 0.279 e. The number of carbonyl (C=O) groups excluding carboxylic acids is 1. The predicted molar refractivity (Wildman–Crippen MR) is 113 cm³/mol. The Labute approximate surface area is 172 Å². The molecule has 150 valence electrons. The number of aryl methyl sites for hydroxylation is 2. The van der Waals surface area contributed by atoms with E-state index in [-0.39, 0.29) is 5.91 Å². The van der Waals surface area contributed by atoms with Crippen LogP contribution in [0.3, 0.4) is 0 Å². The van der Waals surface area contributed by atoms with Gasteiger partial charge in [-0.1, -0.05) is 17.7 Å². The van der Waals surface area contributed by atoms with Gasteiger partial charge >= 0.3 is 0 Å². The van der Waals surface area contributed by atoms with E-state index in [1.807, 2.05) is 38.1 Å². The highest BCUT2D eigenvalue weighted by Crippen LogP contribution is 2.27. The number of nitrogens with one attached hydrogen (secondary N) is 3. The Balaban J connectivity index is 1.46. The first-order valence-corrected chi connectivity index (χ1v) is 10.2. The second-order valence-corrected chi connectivity index (χ2v) is 8.10. The molecule has 1 saturated heterocycles. The van der Waals surface area contributed by atoms with Gasteiger partial charge in [0.05, 0.1) is 17.8 Å². The zero-order chi connectivity index (χ0) is 20.1. The predicted octanol–water partition coefficient (Wildman–Crippen LogP) is 0.888. The van der Waals surface area contributed by atoms with Crippen LogP contribution in [-0.2, 0) is 11.3 Å². The van der Waals surface area contributed by atoms with Gasteiger partial charge in [-0.25, -0.2) is 0 Å². The fourth-order valence-electron chi connectivity index (χ4n) is 3.83. The second kappa shape index (κ2) is 9.41. The fourth-order valence-corrected chi connectivity index (χ4v) is 4.20. The summed E-state index contributed by atoms with van der Waals surface area (Å²) in [4.78, 5) is 15.4. The standard InChI is InChI=1S/C22H28ClN3O2/c1-16-12-17(2)22(20(23)13-16)24-21(27)15-26-10-8-25(9-11-26)14-18-4-6-19(28-3)7-5-18/h4-7,12-13H,8-11,14-15H2,1-3H3,(H,24,27)/p+2. The number of anilines is 1. The summed E-state index contributed by atoms with van der Waals surface area (Å²) >= 11 is 6.30. The zero-order valence-electron chi connectivity index (χ0n) is 16.9. The SMILES string of the molecule is COc1ccc(C[NH+]2CC[NH+](CC(=O)Nc3c(C)cc(C)cc3Cl)CC2)cc1. The first-order chi connectivity index (χ1) is 13.4. The molecule has 0 aromatic heterocycles. The first-order valence-electron chi connectivity index (χ1n) is 9.81. The van der Waals surface area contributed by atoms with E-state index < -0.39 is 0 Å². The fraction of sp³-hybridized carbons (Fsp3) is 0.409. The maximum atomic E-state index is 12.5. The van der Waals surface area contributed by atoms with Gasteiger partial charge in [0.15, 0.2) is 6.54 Å². The van der Waals surface area contributed by atoms with Crippen LogP contribution in [0.15, 0.2) is 36.4 Å². The zero-order valence-corrected chi connectivity index (χ0v) is 17.7. The van der Waals surface area contributed by atoms with Crippen molar-refractivity contribution < 1.29 is 19.3 Å². The van der Waals surface area contributed by atoms with Crippen molar-refractivity contribution in [3.63, 3.8) is 0 Å². The molecular formula is C22H30ClN3O2+2. The number of rotatable bonds is 6. The maximum absolute atomic E-state index is 12.5. The van der Waals surface area contributed by atoms with Crippen LogP contribution in [0.25, 0.3) is 0 Å². The smallest absolute Gasteiger partial charge is 0.279 e. The van der Waals surface area contributed by atoms with Crippen LogP contribution < -0.4 is 19.9 Å².